The normalized spacial score (nSPS) is 22.8. The molecule has 2 saturated heterocycles. The van der Waals surface area contributed by atoms with E-state index in [-0.39, 0.29) is 31.0 Å². The van der Waals surface area contributed by atoms with Crippen LogP contribution in [0.25, 0.3) is 0 Å². The summed E-state index contributed by atoms with van der Waals surface area (Å²) >= 11 is 0. The van der Waals surface area contributed by atoms with E-state index in [9.17, 15) is 5.11 Å². The maximum absolute atomic E-state index is 9.78. The van der Waals surface area contributed by atoms with Gasteiger partial charge in [-0.15, -0.1) is 0 Å². The topological polar surface area (TPSA) is 74.8 Å². The van der Waals surface area contributed by atoms with Crippen LogP contribution in [0.3, 0.4) is 0 Å². The van der Waals surface area contributed by atoms with E-state index < -0.39 is 6.10 Å². The molecule has 5 heteroatoms. The summed E-state index contributed by atoms with van der Waals surface area (Å²) in [6.45, 7) is 3.81. The molecular weight excluding hydrogens is 404 g/mol. The predicted molar refractivity (Wildman–Crippen MR) is 130 cm³/mol. The number of epoxide rings is 2. The molecule has 0 radical (unpaired) electrons. The summed E-state index contributed by atoms with van der Waals surface area (Å²) in [6.07, 6.45) is 24.1. The minimum Gasteiger partial charge on any atom is -0.394 e. The maximum Gasteiger partial charge on any atom is 0.100 e. The van der Waals surface area contributed by atoms with E-state index in [1.807, 2.05) is 0 Å². The average molecular weight is 455 g/mol. The van der Waals surface area contributed by atoms with Crippen molar-refractivity contribution in [2.24, 2.45) is 0 Å². The van der Waals surface area contributed by atoms with Crippen molar-refractivity contribution in [3.8, 4) is 0 Å². The Kier molecular flexibility index (Phi) is 14.8. The molecule has 2 aliphatic rings. The molecule has 32 heavy (non-hydrogen) atoms. The number of hydrogen-bond donors (Lipinski definition) is 2. The van der Waals surface area contributed by atoms with Gasteiger partial charge in [0.2, 0.25) is 0 Å². The minimum atomic E-state index is -0.816. The van der Waals surface area contributed by atoms with Gasteiger partial charge in [0.1, 0.15) is 6.10 Å². The summed E-state index contributed by atoms with van der Waals surface area (Å²) in [6, 6.07) is 0. The second-order valence-electron chi connectivity index (χ2n) is 9.98. The molecule has 2 rings (SSSR count). The molecule has 5 nitrogen and oxygen atoms in total. The molecule has 2 N–H and O–H groups in total. The first-order valence-electron chi connectivity index (χ1n) is 13.5. The zero-order valence-electron chi connectivity index (χ0n) is 20.6. The van der Waals surface area contributed by atoms with Gasteiger partial charge in [0, 0.05) is 12.8 Å². The van der Waals surface area contributed by atoms with Crippen molar-refractivity contribution in [1.29, 1.82) is 0 Å². The fraction of sp³-hybridized carbons (Fsp3) is 0.926. The highest BCUT2D eigenvalue weighted by Crippen LogP contribution is 2.37. The molecule has 0 saturated carbocycles. The molecule has 2 heterocycles. The van der Waals surface area contributed by atoms with Gasteiger partial charge in [-0.1, -0.05) is 76.9 Å². The van der Waals surface area contributed by atoms with Crippen LogP contribution in [0.5, 0.6) is 0 Å². The van der Waals surface area contributed by atoms with E-state index in [2.05, 4.69) is 19.1 Å². The smallest absolute Gasteiger partial charge is 0.100 e. The van der Waals surface area contributed by atoms with E-state index in [1.165, 1.54) is 77.0 Å². The van der Waals surface area contributed by atoms with Crippen LogP contribution in [0.1, 0.15) is 110 Å². The van der Waals surface area contributed by atoms with E-state index >= 15 is 0 Å². The number of aliphatic hydroxyl groups excluding tert-OH is 2. The number of allylic oxidation sites excluding steroid dienone is 2. The van der Waals surface area contributed by atoms with Gasteiger partial charge in [0.25, 0.3) is 0 Å². The quantitative estimate of drug-likeness (QED) is 0.117. The number of hydrogen-bond acceptors (Lipinski definition) is 5. The fourth-order valence-corrected chi connectivity index (χ4v) is 4.52. The molecule has 0 aliphatic carbocycles. The Morgan fingerprint density at radius 2 is 1.34 bits per heavy atom. The molecule has 3 unspecified atom stereocenters. The number of rotatable bonds is 23. The Morgan fingerprint density at radius 1 is 0.844 bits per heavy atom. The van der Waals surface area contributed by atoms with Crippen molar-refractivity contribution < 1.29 is 24.4 Å². The lowest BCUT2D eigenvalue weighted by Crippen LogP contribution is -2.39. The Morgan fingerprint density at radius 3 is 1.84 bits per heavy atom. The Bertz CT molecular complexity index is 459. The largest absolute Gasteiger partial charge is 0.394 e. The molecule has 0 aromatic rings. The van der Waals surface area contributed by atoms with Crippen LogP contribution in [-0.2, 0) is 14.2 Å². The zero-order chi connectivity index (χ0) is 22.9. The Balaban J connectivity index is 1.53. The first-order valence-corrected chi connectivity index (χ1v) is 13.5. The third-order valence-corrected chi connectivity index (χ3v) is 6.69. The van der Waals surface area contributed by atoms with Crippen LogP contribution in [-0.4, -0.2) is 60.6 Å². The number of ether oxygens (including phenoxy) is 3. The molecule has 3 atom stereocenters. The fourth-order valence-electron chi connectivity index (χ4n) is 4.52. The van der Waals surface area contributed by atoms with Crippen LogP contribution in [0.15, 0.2) is 12.2 Å². The minimum absolute atomic E-state index is 0.182. The van der Waals surface area contributed by atoms with E-state index in [4.69, 9.17) is 19.3 Å². The van der Waals surface area contributed by atoms with Crippen LogP contribution in [0, 0.1) is 0 Å². The molecule has 0 spiro atoms. The standard InChI is InChI=1S/C27H50O5/c1-2-3-4-5-6-7-8-9-10-11-12-13-14-15-16-17-27(18-25-22-30-25,19-26-23-31-26)32-21-24(29)20-28/h9-10,24-26,28-29H,2-8,11-23H2,1H3/b10-9-. The Hall–Kier alpha value is -0.460. The van der Waals surface area contributed by atoms with Crippen molar-refractivity contribution in [3.63, 3.8) is 0 Å². The zero-order valence-corrected chi connectivity index (χ0v) is 20.6. The van der Waals surface area contributed by atoms with Crippen molar-refractivity contribution in [3.05, 3.63) is 12.2 Å². The van der Waals surface area contributed by atoms with E-state index in [0.29, 0.717) is 0 Å². The SMILES string of the molecule is CCCCCCCC/C=C\CCCCCCCC(CC1CO1)(CC1CO1)OCC(O)CO. The number of unbranched alkanes of at least 4 members (excludes halogenated alkanes) is 11. The van der Waals surface area contributed by atoms with E-state index in [1.54, 1.807) is 0 Å². The molecule has 2 aliphatic heterocycles. The lowest BCUT2D eigenvalue weighted by atomic mass is 9.86. The highest BCUT2D eigenvalue weighted by atomic mass is 16.6. The molecular formula is C27H50O5. The molecule has 0 bridgehead atoms. The van der Waals surface area contributed by atoms with Crippen LogP contribution in [0.2, 0.25) is 0 Å². The van der Waals surface area contributed by atoms with Gasteiger partial charge in [-0.2, -0.15) is 0 Å². The molecule has 0 aromatic heterocycles. The third kappa shape index (κ3) is 13.9. The lowest BCUT2D eigenvalue weighted by molar-refractivity contribution is -0.107. The van der Waals surface area contributed by atoms with E-state index in [0.717, 1.165) is 38.9 Å². The van der Waals surface area contributed by atoms with Gasteiger partial charge in [0.15, 0.2) is 0 Å². The van der Waals surface area contributed by atoms with Crippen LogP contribution < -0.4 is 0 Å². The van der Waals surface area contributed by atoms with Gasteiger partial charge >= 0.3 is 0 Å². The van der Waals surface area contributed by atoms with Crippen molar-refractivity contribution in [1.82, 2.24) is 0 Å². The summed E-state index contributed by atoms with van der Waals surface area (Å²) in [5, 5.41) is 18.9. The lowest BCUT2D eigenvalue weighted by Gasteiger charge is -2.34. The molecule has 0 aromatic carbocycles. The average Bonchev–Trinajstić information content (AvgIpc) is 3.72. The van der Waals surface area contributed by atoms with Gasteiger partial charge < -0.3 is 24.4 Å². The monoisotopic (exact) mass is 454 g/mol. The Labute approximate surface area is 196 Å². The summed E-state index contributed by atoms with van der Waals surface area (Å²) in [5.74, 6) is 0. The summed E-state index contributed by atoms with van der Waals surface area (Å²) in [7, 11) is 0. The maximum atomic E-state index is 9.78. The predicted octanol–water partition coefficient (Wildman–Crippen LogP) is 5.71. The van der Waals surface area contributed by atoms with Gasteiger partial charge in [-0.25, -0.2) is 0 Å². The van der Waals surface area contributed by atoms with Gasteiger partial charge in [-0.05, 0) is 32.1 Å². The van der Waals surface area contributed by atoms with Gasteiger partial charge in [-0.3, -0.25) is 0 Å². The summed E-state index contributed by atoms with van der Waals surface area (Å²) < 4.78 is 17.2. The van der Waals surface area contributed by atoms with Crippen LogP contribution >= 0.6 is 0 Å². The first-order chi connectivity index (χ1) is 15.7. The van der Waals surface area contributed by atoms with Crippen molar-refractivity contribution in [2.75, 3.05) is 26.4 Å². The highest BCUT2D eigenvalue weighted by Gasteiger charge is 2.43. The second kappa shape index (κ2) is 17.0. The summed E-state index contributed by atoms with van der Waals surface area (Å²) in [5.41, 5.74) is -0.294. The van der Waals surface area contributed by atoms with Crippen molar-refractivity contribution >= 4 is 0 Å². The first kappa shape index (κ1) is 27.8. The molecule has 188 valence electrons. The summed E-state index contributed by atoms with van der Waals surface area (Å²) in [4.78, 5) is 0. The number of aliphatic hydroxyl groups is 2. The van der Waals surface area contributed by atoms with Crippen LogP contribution in [0.4, 0.5) is 0 Å². The third-order valence-electron chi connectivity index (χ3n) is 6.69. The van der Waals surface area contributed by atoms with Gasteiger partial charge in [0.05, 0.1) is 44.2 Å². The van der Waals surface area contributed by atoms with Crippen molar-refractivity contribution in [2.45, 2.75) is 134 Å². The highest BCUT2D eigenvalue weighted by molar-refractivity contribution is 4.93. The second-order valence-corrected chi connectivity index (χ2v) is 9.98. The molecule has 2 fully saturated rings. The molecule has 0 amide bonds.